The Labute approximate surface area is 150 Å². The minimum Gasteiger partial charge on any atom is -0.550 e. The lowest BCUT2D eigenvalue weighted by atomic mass is 9.98. The third kappa shape index (κ3) is 16.5. The molecule has 1 unspecified atom stereocenters. The summed E-state index contributed by atoms with van der Waals surface area (Å²) in [7, 11) is 0. The van der Waals surface area contributed by atoms with E-state index in [1.807, 2.05) is 0 Å². The maximum absolute atomic E-state index is 10.9. The Kier molecular flexibility index (Phi) is 18.0. The quantitative estimate of drug-likeness (QED) is 0.262. The molecule has 0 N–H and O–H groups in total. The molecule has 3 heteroatoms. The molecular formula is C20H39O2S-. The first-order valence-electron chi connectivity index (χ1n) is 10.0. The van der Waals surface area contributed by atoms with Crippen molar-refractivity contribution in [2.75, 3.05) is 5.75 Å². The van der Waals surface area contributed by atoms with E-state index in [1.54, 1.807) is 0 Å². The minimum atomic E-state index is -0.895. The molecule has 1 atom stereocenters. The summed E-state index contributed by atoms with van der Waals surface area (Å²) in [6.45, 7) is 2.27. The molecule has 0 spiro atoms. The van der Waals surface area contributed by atoms with Crippen molar-refractivity contribution in [3.8, 4) is 0 Å². The maximum Gasteiger partial charge on any atom is 0.0445 e. The third-order valence-corrected chi connectivity index (χ3v) is 4.98. The van der Waals surface area contributed by atoms with Gasteiger partial charge in [0.2, 0.25) is 0 Å². The lowest BCUT2D eigenvalue weighted by Crippen LogP contribution is -2.31. The number of carboxylic acid groups (broad SMARTS) is 1. The van der Waals surface area contributed by atoms with Gasteiger partial charge in [-0.25, -0.2) is 0 Å². The zero-order chi connectivity index (χ0) is 17.2. The summed E-state index contributed by atoms with van der Waals surface area (Å²) in [4.78, 5) is 10.9. The van der Waals surface area contributed by atoms with E-state index in [9.17, 15) is 9.90 Å². The van der Waals surface area contributed by atoms with E-state index in [0.29, 0.717) is 12.2 Å². The van der Waals surface area contributed by atoms with Gasteiger partial charge in [-0.1, -0.05) is 96.8 Å². The van der Waals surface area contributed by atoms with E-state index >= 15 is 0 Å². The van der Waals surface area contributed by atoms with Crippen molar-refractivity contribution in [3.05, 3.63) is 0 Å². The van der Waals surface area contributed by atoms with Crippen LogP contribution in [0.4, 0.5) is 0 Å². The smallest absolute Gasteiger partial charge is 0.0445 e. The van der Waals surface area contributed by atoms with Crippen LogP contribution in [0.2, 0.25) is 0 Å². The molecule has 0 amide bonds. The second kappa shape index (κ2) is 18.2. The molecule has 0 aliphatic rings. The maximum atomic E-state index is 10.9. The highest BCUT2D eigenvalue weighted by Crippen LogP contribution is 2.16. The molecule has 0 saturated heterocycles. The first-order valence-corrected chi connectivity index (χ1v) is 10.7. The van der Waals surface area contributed by atoms with Crippen LogP contribution in [-0.2, 0) is 4.79 Å². The average Bonchev–Trinajstić information content (AvgIpc) is 2.54. The van der Waals surface area contributed by atoms with Crippen LogP contribution in [0.15, 0.2) is 0 Å². The first kappa shape index (κ1) is 22.8. The molecule has 0 aromatic carbocycles. The molecule has 0 heterocycles. The predicted molar refractivity (Wildman–Crippen MR) is 102 cm³/mol. The van der Waals surface area contributed by atoms with Crippen LogP contribution in [0.25, 0.3) is 0 Å². The van der Waals surface area contributed by atoms with Crippen LogP contribution in [0.5, 0.6) is 0 Å². The van der Waals surface area contributed by atoms with E-state index in [4.69, 9.17) is 0 Å². The summed E-state index contributed by atoms with van der Waals surface area (Å²) in [5.41, 5.74) is 0. The molecule has 23 heavy (non-hydrogen) atoms. The van der Waals surface area contributed by atoms with Crippen molar-refractivity contribution in [1.82, 2.24) is 0 Å². The fraction of sp³-hybridized carbons (Fsp3) is 0.950. The Bertz CT molecular complexity index is 256. The van der Waals surface area contributed by atoms with Crippen molar-refractivity contribution in [1.29, 1.82) is 0 Å². The Balaban J connectivity index is 3.20. The largest absolute Gasteiger partial charge is 0.550 e. The number of carbonyl (C=O) groups excluding carboxylic acids is 1. The molecule has 0 aromatic rings. The number of hydrogen-bond donors (Lipinski definition) is 1. The van der Waals surface area contributed by atoms with Gasteiger partial charge >= 0.3 is 0 Å². The van der Waals surface area contributed by atoms with Crippen LogP contribution < -0.4 is 5.11 Å². The van der Waals surface area contributed by atoms with Gasteiger partial charge in [0.1, 0.15) is 0 Å². The Morgan fingerprint density at radius 2 is 1.13 bits per heavy atom. The standard InChI is InChI=1S/C20H40O2S/c1-2-3-4-5-6-7-8-9-10-11-12-13-14-15-16-19(17-18-23)20(21)22/h19,23H,2-18H2,1H3,(H,21,22)/p-1. The number of aliphatic carboxylic acids is 1. The van der Waals surface area contributed by atoms with Crippen molar-refractivity contribution >= 4 is 18.6 Å². The van der Waals surface area contributed by atoms with Gasteiger partial charge in [-0.05, 0) is 24.5 Å². The number of rotatable bonds is 18. The molecule has 0 saturated carbocycles. The van der Waals surface area contributed by atoms with Crippen molar-refractivity contribution in [2.45, 2.75) is 110 Å². The van der Waals surface area contributed by atoms with Gasteiger partial charge in [-0.3, -0.25) is 0 Å². The van der Waals surface area contributed by atoms with E-state index < -0.39 is 5.97 Å². The second-order valence-corrected chi connectivity index (χ2v) is 7.36. The van der Waals surface area contributed by atoms with Crippen molar-refractivity contribution in [2.24, 2.45) is 5.92 Å². The summed E-state index contributed by atoms with van der Waals surface area (Å²) in [5.74, 6) is -0.546. The molecule has 2 nitrogen and oxygen atoms in total. The summed E-state index contributed by atoms with van der Waals surface area (Å²) in [5, 5.41) is 10.9. The van der Waals surface area contributed by atoms with Gasteiger partial charge in [0.25, 0.3) is 0 Å². The lowest BCUT2D eigenvalue weighted by molar-refractivity contribution is -0.311. The van der Waals surface area contributed by atoms with Gasteiger partial charge in [0, 0.05) is 5.97 Å². The summed E-state index contributed by atoms with van der Waals surface area (Å²) in [6, 6.07) is 0. The number of carboxylic acids is 1. The number of thiol groups is 1. The monoisotopic (exact) mass is 343 g/mol. The van der Waals surface area contributed by atoms with Crippen LogP contribution in [-0.4, -0.2) is 11.7 Å². The molecule has 0 aromatic heterocycles. The Morgan fingerprint density at radius 1 is 0.739 bits per heavy atom. The SMILES string of the molecule is CCCCCCCCCCCCCCCCC(CCS)C(=O)[O-]. The molecule has 0 aliphatic carbocycles. The summed E-state index contributed by atoms with van der Waals surface area (Å²) in [6.07, 6.45) is 20.1. The summed E-state index contributed by atoms with van der Waals surface area (Å²) < 4.78 is 0. The second-order valence-electron chi connectivity index (χ2n) is 6.91. The van der Waals surface area contributed by atoms with Gasteiger partial charge in [0.05, 0.1) is 0 Å². The number of carbonyl (C=O) groups is 1. The fourth-order valence-corrected chi connectivity index (χ4v) is 3.43. The minimum absolute atomic E-state index is 0.287. The average molecular weight is 344 g/mol. The van der Waals surface area contributed by atoms with E-state index in [0.717, 1.165) is 19.3 Å². The molecule has 0 rings (SSSR count). The molecule has 0 aliphatic heterocycles. The molecular weight excluding hydrogens is 304 g/mol. The molecule has 0 bridgehead atoms. The van der Waals surface area contributed by atoms with Gasteiger partial charge in [0.15, 0.2) is 0 Å². The zero-order valence-corrected chi connectivity index (χ0v) is 16.3. The number of hydrogen-bond acceptors (Lipinski definition) is 3. The molecule has 0 fully saturated rings. The first-order chi connectivity index (χ1) is 11.2. The number of unbranched alkanes of at least 4 members (excludes halogenated alkanes) is 13. The normalized spacial score (nSPS) is 12.4. The van der Waals surface area contributed by atoms with Crippen molar-refractivity contribution < 1.29 is 9.90 Å². The Morgan fingerprint density at radius 3 is 1.48 bits per heavy atom. The summed E-state index contributed by atoms with van der Waals surface area (Å²) >= 11 is 4.11. The van der Waals surface area contributed by atoms with Gasteiger partial charge < -0.3 is 9.90 Å². The lowest BCUT2D eigenvalue weighted by Gasteiger charge is -2.16. The van der Waals surface area contributed by atoms with Gasteiger partial charge in [-0.15, -0.1) is 0 Å². The fourth-order valence-electron chi connectivity index (χ4n) is 3.12. The van der Waals surface area contributed by atoms with Crippen LogP contribution >= 0.6 is 12.6 Å². The highest BCUT2D eigenvalue weighted by atomic mass is 32.1. The van der Waals surface area contributed by atoms with Gasteiger partial charge in [-0.2, -0.15) is 12.6 Å². The topological polar surface area (TPSA) is 40.1 Å². The highest BCUT2D eigenvalue weighted by molar-refractivity contribution is 7.80. The van der Waals surface area contributed by atoms with E-state index in [2.05, 4.69) is 19.6 Å². The van der Waals surface area contributed by atoms with E-state index in [-0.39, 0.29) is 5.92 Å². The van der Waals surface area contributed by atoms with Crippen molar-refractivity contribution in [3.63, 3.8) is 0 Å². The Hall–Kier alpha value is -0.180. The third-order valence-electron chi connectivity index (χ3n) is 4.72. The highest BCUT2D eigenvalue weighted by Gasteiger charge is 2.08. The predicted octanol–water partition coefficient (Wildman–Crippen LogP) is 5.54. The molecule has 0 radical (unpaired) electrons. The van der Waals surface area contributed by atoms with E-state index in [1.165, 1.54) is 77.0 Å². The molecule has 138 valence electrons. The van der Waals surface area contributed by atoms with Crippen LogP contribution in [0, 0.1) is 5.92 Å². The van der Waals surface area contributed by atoms with Crippen LogP contribution in [0.3, 0.4) is 0 Å². The zero-order valence-electron chi connectivity index (χ0n) is 15.4. The van der Waals surface area contributed by atoms with Crippen LogP contribution in [0.1, 0.15) is 110 Å².